The van der Waals surface area contributed by atoms with Crippen LogP contribution in [0.3, 0.4) is 0 Å². The van der Waals surface area contributed by atoms with E-state index in [0.717, 1.165) is 27.9 Å². The van der Waals surface area contributed by atoms with E-state index in [4.69, 9.17) is 17.3 Å². The number of carbonyl (C=O) groups excluding carboxylic acids is 1. The molecule has 1 amide bonds. The smallest absolute Gasteiger partial charge is 0.251 e. The summed E-state index contributed by atoms with van der Waals surface area (Å²) in [5, 5.41) is 2.75. The highest BCUT2D eigenvalue weighted by molar-refractivity contribution is 6.30. The van der Waals surface area contributed by atoms with Gasteiger partial charge in [-0.1, -0.05) is 35.9 Å². The predicted molar refractivity (Wildman–Crippen MR) is 136 cm³/mol. The fraction of sp³-hybridized carbons (Fsp3) is 0.172. The first-order chi connectivity index (χ1) is 17.2. The molecular weight excluding hydrogens is 480 g/mol. The van der Waals surface area contributed by atoms with Crippen molar-refractivity contribution in [2.45, 2.75) is 32.2 Å². The van der Waals surface area contributed by atoms with Crippen LogP contribution in [0.15, 0.2) is 54.6 Å². The lowest BCUT2D eigenvalue weighted by Gasteiger charge is -2.50. The average molecular weight is 502 g/mol. The highest BCUT2D eigenvalue weighted by atomic mass is 35.5. The third-order valence-electron chi connectivity index (χ3n) is 7.46. The van der Waals surface area contributed by atoms with Crippen LogP contribution in [-0.4, -0.2) is 10.9 Å². The Morgan fingerprint density at radius 2 is 1.64 bits per heavy atom. The summed E-state index contributed by atoms with van der Waals surface area (Å²) in [5.41, 5.74) is 14.5. The molecule has 1 aromatic heterocycles. The maximum atomic E-state index is 14.5. The molecule has 180 valence electrons. The molecular formula is C29H22ClF2N3O. The predicted octanol–water partition coefficient (Wildman–Crippen LogP) is 6.40. The van der Waals surface area contributed by atoms with E-state index in [9.17, 15) is 13.6 Å². The first kappa shape index (κ1) is 22.7. The molecule has 0 radical (unpaired) electrons. The van der Waals surface area contributed by atoms with E-state index in [1.54, 1.807) is 6.07 Å². The third kappa shape index (κ3) is 3.32. The summed E-state index contributed by atoms with van der Waals surface area (Å²) >= 11 is 5.71. The summed E-state index contributed by atoms with van der Waals surface area (Å²) in [5.74, 6) is -1.27. The number of benzene rings is 3. The van der Waals surface area contributed by atoms with E-state index in [0.29, 0.717) is 23.5 Å². The molecule has 6 rings (SSSR count). The molecule has 4 aromatic rings. The second kappa shape index (κ2) is 8.14. The molecule has 0 fully saturated rings. The Labute approximate surface area is 212 Å². The molecule has 0 spiro atoms. The third-order valence-corrected chi connectivity index (χ3v) is 7.75. The number of hydrogen-bond acceptors (Lipinski definition) is 3. The van der Waals surface area contributed by atoms with Crippen LogP contribution in [0, 0.1) is 25.5 Å². The summed E-state index contributed by atoms with van der Waals surface area (Å²) in [6, 6.07) is 16.2. The zero-order chi connectivity index (χ0) is 25.3. The van der Waals surface area contributed by atoms with Gasteiger partial charge in [0, 0.05) is 35.2 Å². The molecule has 2 aliphatic carbocycles. The van der Waals surface area contributed by atoms with Gasteiger partial charge in [-0.3, -0.25) is 4.79 Å². The number of hydrogen-bond donors (Lipinski definition) is 2. The van der Waals surface area contributed by atoms with E-state index >= 15 is 0 Å². The van der Waals surface area contributed by atoms with Crippen LogP contribution in [0.5, 0.6) is 0 Å². The quantitative estimate of drug-likeness (QED) is 0.318. The van der Waals surface area contributed by atoms with Gasteiger partial charge < -0.3 is 11.1 Å². The van der Waals surface area contributed by atoms with E-state index < -0.39 is 11.6 Å². The van der Waals surface area contributed by atoms with E-state index in [1.165, 1.54) is 23.3 Å². The topological polar surface area (TPSA) is 68.0 Å². The van der Waals surface area contributed by atoms with Crippen molar-refractivity contribution in [1.82, 2.24) is 10.3 Å². The largest absolute Gasteiger partial charge is 0.384 e. The summed E-state index contributed by atoms with van der Waals surface area (Å²) in [6.45, 7) is 4.19. The molecule has 3 N–H and O–H groups in total. The van der Waals surface area contributed by atoms with Crippen molar-refractivity contribution in [3.8, 4) is 11.1 Å². The number of aromatic nitrogens is 1. The fourth-order valence-corrected chi connectivity index (χ4v) is 5.74. The second-order valence-electron chi connectivity index (χ2n) is 9.48. The summed E-state index contributed by atoms with van der Waals surface area (Å²) in [4.78, 5) is 17.2. The van der Waals surface area contributed by atoms with Crippen LogP contribution in [0.4, 0.5) is 14.6 Å². The minimum atomic E-state index is -1.04. The van der Waals surface area contributed by atoms with Gasteiger partial charge in [-0.25, -0.2) is 13.8 Å². The number of pyridine rings is 1. The number of carbonyl (C=O) groups is 1. The van der Waals surface area contributed by atoms with Gasteiger partial charge in [0.15, 0.2) is 11.6 Å². The number of fused-ring (bicyclic) bond motifs is 7. The van der Waals surface area contributed by atoms with Crippen LogP contribution in [0.2, 0.25) is 5.02 Å². The van der Waals surface area contributed by atoms with Gasteiger partial charge in [0.05, 0.1) is 5.02 Å². The number of anilines is 1. The summed E-state index contributed by atoms with van der Waals surface area (Å²) in [6.07, 6.45) is 0. The van der Waals surface area contributed by atoms with Crippen molar-refractivity contribution in [1.29, 1.82) is 0 Å². The van der Waals surface area contributed by atoms with Crippen molar-refractivity contribution < 1.29 is 13.6 Å². The van der Waals surface area contributed by atoms with Crippen molar-refractivity contribution in [2.75, 3.05) is 5.73 Å². The van der Waals surface area contributed by atoms with Gasteiger partial charge in [-0.15, -0.1) is 0 Å². The zero-order valence-corrected chi connectivity index (χ0v) is 20.4. The Kier molecular flexibility index (Phi) is 5.12. The number of aryl methyl sites for hydroxylation is 2. The first-order valence-electron chi connectivity index (χ1n) is 11.7. The van der Waals surface area contributed by atoms with Crippen molar-refractivity contribution in [3.63, 3.8) is 0 Å². The van der Waals surface area contributed by atoms with Crippen LogP contribution in [-0.2, 0) is 6.54 Å². The first-order valence-corrected chi connectivity index (χ1v) is 12.0. The Morgan fingerprint density at radius 1 is 0.944 bits per heavy atom. The van der Waals surface area contributed by atoms with Crippen molar-refractivity contribution in [3.05, 3.63) is 116 Å². The lowest BCUT2D eigenvalue weighted by molar-refractivity contribution is 0.0950. The summed E-state index contributed by atoms with van der Waals surface area (Å²) in [7, 11) is 0. The molecule has 2 aliphatic rings. The number of nitrogen functional groups attached to an aromatic ring is 1. The SMILES string of the molecule is Cc1cc(N)nc(C)c1CNC(=O)c1ccc2c(c1)C1c3cc(-c4ccc(Cl)c(F)c4F)ccc3[C@@H]21. The monoisotopic (exact) mass is 501 g/mol. The maximum absolute atomic E-state index is 14.5. The molecule has 4 nitrogen and oxygen atoms in total. The molecule has 1 heterocycles. The number of halogens is 3. The minimum Gasteiger partial charge on any atom is -0.384 e. The van der Waals surface area contributed by atoms with Gasteiger partial charge >= 0.3 is 0 Å². The number of amides is 1. The van der Waals surface area contributed by atoms with Gasteiger partial charge in [-0.05, 0) is 83.1 Å². The summed E-state index contributed by atoms with van der Waals surface area (Å²) < 4.78 is 28.5. The lowest BCUT2D eigenvalue weighted by atomic mass is 9.52. The molecule has 0 aliphatic heterocycles. The Hall–Kier alpha value is -3.77. The molecule has 2 atom stereocenters. The molecule has 1 unspecified atom stereocenters. The second-order valence-corrected chi connectivity index (χ2v) is 9.88. The number of nitrogens with one attached hydrogen (secondary N) is 1. The van der Waals surface area contributed by atoms with E-state index in [2.05, 4.69) is 10.3 Å². The van der Waals surface area contributed by atoms with Crippen LogP contribution < -0.4 is 11.1 Å². The average Bonchev–Trinajstić information content (AvgIpc) is 2.82. The Morgan fingerprint density at radius 3 is 2.39 bits per heavy atom. The normalized spacial score (nSPS) is 16.8. The highest BCUT2D eigenvalue weighted by Gasteiger charge is 2.49. The van der Waals surface area contributed by atoms with Crippen molar-refractivity contribution >= 4 is 23.3 Å². The fourth-order valence-electron chi connectivity index (χ4n) is 5.60. The number of rotatable bonds is 4. The zero-order valence-electron chi connectivity index (χ0n) is 19.6. The molecule has 36 heavy (non-hydrogen) atoms. The van der Waals surface area contributed by atoms with Gasteiger partial charge in [0.1, 0.15) is 5.82 Å². The minimum absolute atomic E-state index is 0.147. The van der Waals surface area contributed by atoms with Crippen molar-refractivity contribution in [2.24, 2.45) is 0 Å². The molecule has 0 bridgehead atoms. The number of nitrogens with zero attached hydrogens (tertiary/aromatic N) is 1. The van der Waals surface area contributed by atoms with Gasteiger partial charge in [0.25, 0.3) is 5.91 Å². The van der Waals surface area contributed by atoms with Crippen LogP contribution in [0.25, 0.3) is 11.1 Å². The standard InChI is InChI=1S/C29H22ClF2N3O/c1-13-9-24(33)35-14(2)22(13)12-34-29(36)16-4-6-19-21(11-16)26-20-10-15(3-5-18(20)25(19)26)17-7-8-23(30)28(32)27(17)31/h3-11,25-26H,12H2,1-2H3,(H2,33,35)(H,34,36)/t25-,26?/m0/s1. The molecule has 7 heteroatoms. The molecule has 0 saturated heterocycles. The lowest BCUT2D eigenvalue weighted by Crippen LogP contribution is -2.36. The maximum Gasteiger partial charge on any atom is 0.251 e. The van der Waals surface area contributed by atoms with Crippen LogP contribution >= 0.6 is 11.6 Å². The van der Waals surface area contributed by atoms with Gasteiger partial charge in [0.2, 0.25) is 0 Å². The highest BCUT2D eigenvalue weighted by Crippen LogP contribution is 2.63. The van der Waals surface area contributed by atoms with Gasteiger partial charge in [-0.2, -0.15) is 0 Å². The van der Waals surface area contributed by atoms with E-state index in [1.807, 2.05) is 50.2 Å². The molecule has 3 aromatic carbocycles. The Bertz CT molecular complexity index is 1580. The Balaban J connectivity index is 1.24. The molecule has 0 saturated carbocycles. The number of nitrogens with two attached hydrogens (primary N) is 1. The van der Waals surface area contributed by atoms with Crippen LogP contribution in [0.1, 0.15) is 61.3 Å². The van der Waals surface area contributed by atoms with E-state index in [-0.39, 0.29) is 28.3 Å².